The standard InChI is InChI=1S/C25H58N2O6Si3/c1-9-27(10-2)22-18-16-14-15-17-20-25(36(31-11-3,32-12-4)33-13-5)34-24-26-21-19-23-35(28-6,29-7)30-8/h25-26H,9-24H2,1-8H3. The van der Waals surface area contributed by atoms with Crippen LogP contribution in [0, 0.1) is 0 Å². The van der Waals surface area contributed by atoms with Crippen molar-refractivity contribution in [1.29, 1.82) is 0 Å². The van der Waals surface area contributed by atoms with E-state index in [0.717, 1.165) is 44.7 Å². The van der Waals surface area contributed by atoms with Crippen LogP contribution in [0.5, 0.6) is 0 Å². The molecule has 0 bridgehead atoms. The van der Waals surface area contributed by atoms with Crippen molar-refractivity contribution >= 4 is 27.1 Å². The monoisotopic (exact) mass is 566 g/mol. The summed E-state index contributed by atoms with van der Waals surface area (Å²) in [6.07, 6.45) is 9.37. The first-order valence-electron chi connectivity index (χ1n) is 14.2. The minimum atomic E-state index is -2.73. The van der Waals surface area contributed by atoms with Crippen LogP contribution in [0.4, 0.5) is 0 Å². The number of nitrogens with zero attached hydrogens (tertiary/aromatic N) is 1. The van der Waals surface area contributed by atoms with Gasteiger partial charge >= 0.3 is 17.6 Å². The van der Waals surface area contributed by atoms with Crippen molar-refractivity contribution in [2.24, 2.45) is 0 Å². The molecule has 0 fully saturated rings. The molecule has 0 saturated carbocycles. The van der Waals surface area contributed by atoms with Crippen LogP contribution in [0.3, 0.4) is 0 Å². The van der Waals surface area contributed by atoms with E-state index in [0.29, 0.717) is 34.5 Å². The number of hydrogen-bond donors (Lipinski definition) is 1. The summed E-state index contributed by atoms with van der Waals surface area (Å²) in [5.74, 6) is 0. The maximum absolute atomic E-state index is 6.31. The second-order valence-corrected chi connectivity index (χ2v) is 16.7. The Bertz CT molecular complexity index is 463. The van der Waals surface area contributed by atoms with Gasteiger partial charge in [0.1, 0.15) is 0 Å². The first kappa shape index (κ1) is 36.3. The summed E-state index contributed by atoms with van der Waals surface area (Å²) in [4.78, 5) is 2.51. The zero-order valence-corrected chi connectivity index (χ0v) is 27.8. The Kier molecular flexibility index (Phi) is 23.5. The molecule has 2 radical (unpaired) electrons. The Morgan fingerprint density at radius 3 is 1.75 bits per heavy atom. The first-order valence-corrected chi connectivity index (χ1v) is 19.2. The molecule has 216 valence electrons. The zero-order valence-electron chi connectivity index (χ0n) is 24.8. The summed E-state index contributed by atoms with van der Waals surface area (Å²) in [5.41, 5.74) is 0. The fourth-order valence-electron chi connectivity index (χ4n) is 4.46. The van der Waals surface area contributed by atoms with Gasteiger partial charge in [0.2, 0.25) is 0 Å². The summed E-state index contributed by atoms with van der Waals surface area (Å²) in [6.45, 7) is 17.0. The van der Waals surface area contributed by atoms with Crippen molar-refractivity contribution in [2.75, 3.05) is 73.5 Å². The molecule has 1 atom stereocenters. The second-order valence-electron chi connectivity index (χ2n) is 8.82. The highest BCUT2D eigenvalue weighted by Crippen LogP contribution is 2.30. The molecule has 0 aliphatic heterocycles. The lowest BCUT2D eigenvalue weighted by Gasteiger charge is -2.35. The molecule has 0 aromatic rings. The molecular formula is C25H58N2O6Si3. The molecule has 1 unspecified atom stereocenters. The fourth-order valence-corrected chi connectivity index (χ4v) is 11.8. The third-order valence-corrected chi connectivity index (χ3v) is 15.5. The zero-order chi connectivity index (χ0) is 27.1. The Morgan fingerprint density at radius 1 is 0.722 bits per heavy atom. The number of unbranched alkanes of at least 4 members (excludes halogenated alkanes) is 4. The van der Waals surface area contributed by atoms with Crippen molar-refractivity contribution in [2.45, 2.75) is 90.8 Å². The van der Waals surface area contributed by atoms with E-state index in [-0.39, 0.29) is 0 Å². The number of nitrogens with one attached hydrogen (secondary N) is 1. The molecule has 0 heterocycles. The molecule has 0 aliphatic rings. The molecule has 36 heavy (non-hydrogen) atoms. The molecule has 0 amide bonds. The topological polar surface area (TPSA) is 70.7 Å². The van der Waals surface area contributed by atoms with E-state index in [1.54, 1.807) is 21.3 Å². The molecule has 0 spiro atoms. The van der Waals surface area contributed by atoms with Gasteiger partial charge in [0.05, 0.1) is 9.52 Å². The molecule has 11 heteroatoms. The van der Waals surface area contributed by atoms with E-state index < -0.39 is 17.6 Å². The Morgan fingerprint density at radius 2 is 1.25 bits per heavy atom. The lowest BCUT2D eigenvalue weighted by atomic mass is 10.1. The van der Waals surface area contributed by atoms with Gasteiger partial charge in [-0.05, 0) is 72.4 Å². The minimum Gasteiger partial charge on any atom is -0.377 e. The van der Waals surface area contributed by atoms with Gasteiger partial charge in [-0.25, -0.2) is 0 Å². The highest BCUT2D eigenvalue weighted by Gasteiger charge is 2.48. The SMILES string of the molecule is CCO[Si](OCC)(OCC)C(CCCCCCCN(CC)CC)[Si]CNCCC[Si](OC)(OC)OC. The largest absolute Gasteiger partial charge is 0.500 e. The van der Waals surface area contributed by atoms with Crippen LogP contribution in [0.2, 0.25) is 11.2 Å². The van der Waals surface area contributed by atoms with Crippen LogP contribution < -0.4 is 5.32 Å². The summed E-state index contributed by atoms with van der Waals surface area (Å²) >= 11 is 0. The molecule has 1 N–H and O–H groups in total. The van der Waals surface area contributed by atoms with Crippen molar-refractivity contribution in [3.05, 3.63) is 0 Å². The smallest absolute Gasteiger partial charge is 0.377 e. The fraction of sp³-hybridized carbons (Fsp3) is 1.00. The van der Waals surface area contributed by atoms with Crippen LogP contribution in [-0.4, -0.2) is 106 Å². The third-order valence-electron chi connectivity index (χ3n) is 6.57. The van der Waals surface area contributed by atoms with Gasteiger partial charge in [-0.3, -0.25) is 0 Å². The van der Waals surface area contributed by atoms with Crippen LogP contribution >= 0.6 is 0 Å². The van der Waals surface area contributed by atoms with Crippen molar-refractivity contribution in [3.63, 3.8) is 0 Å². The summed E-state index contributed by atoms with van der Waals surface area (Å²) < 4.78 is 35.5. The highest BCUT2D eigenvalue weighted by molar-refractivity contribution is 6.74. The Labute approximate surface area is 228 Å². The average Bonchev–Trinajstić information content (AvgIpc) is 2.89. The second kappa shape index (κ2) is 23.2. The van der Waals surface area contributed by atoms with Crippen molar-refractivity contribution in [3.8, 4) is 0 Å². The maximum Gasteiger partial charge on any atom is 0.500 e. The van der Waals surface area contributed by atoms with E-state index in [2.05, 4.69) is 24.1 Å². The normalized spacial score (nSPS) is 13.6. The van der Waals surface area contributed by atoms with Crippen LogP contribution in [0.25, 0.3) is 0 Å². The third kappa shape index (κ3) is 14.5. The van der Waals surface area contributed by atoms with Crippen molar-refractivity contribution in [1.82, 2.24) is 10.2 Å². The summed E-state index contributed by atoms with van der Waals surface area (Å²) in [7, 11) is 0.481. The maximum atomic E-state index is 6.31. The summed E-state index contributed by atoms with van der Waals surface area (Å²) in [5, 5.41) is 3.96. The number of rotatable bonds is 27. The van der Waals surface area contributed by atoms with Crippen LogP contribution in [0.1, 0.15) is 79.6 Å². The molecule has 8 nitrogen and oxygen atoms in total. The average molecular weight is 567 g/mol. The Hall–Kier alpha value is 0.331. The molecular weight excluding hydrogens is 509 g/mol. The molecule has 0 rings (SSSR count). The lowest BCUT2D eigenvalue weighted by molar-refractivity contribution is 0.0667. The molecule has 0 aliphatic carbocycles. The number of hydrogen-bond acceptors (Lipinski definition) is 8. The van der Waals surface area contributed by atoms with Gasteiger partial charge in [0.25, 0.3) is 0 Å². The quantitative estimate of drug-likeness (QED) is 0.115. The minimum absolute atomic E-state index is 0.339. The molecule has 0 aromatic carbocycles. The lowest BCUT2D eigenvalue weighted by Crippen LogP contribution is -2.53. The Balaban J connectivity index is 4.79. The van der Waals surface area contributed by atoms with Gasteiger partial charge in [0.15, 0.2) is 0 Å². The predicted molar refractivity (Wildman–Crippen MR) is 155 cm³/mol. The van der Waals surface area contributed by atoms with Crippen molar-refractivity contribution < 1.29 is 26.6 Å². The van der Waals surface area contributed by atoms with Gasteiger partial charge in [0, 0.05) is 52.4 Å². The van der Waals surface area contributed by atoms with E-state index >= 15 is 0 Å². The highest BCUT2D eigenvalue weighted by atomic mass is 28.4. The first-order chi connectivity index (χ1) is 17.5. The van der Waals surface area contributed by atoms with E-state index in [4.69, 9.17) is 26.6 Å². The summed E-state index contributed by atoms with van der Waals surface area (Å²) in [6, 6.07) is 0.805. The van der Waals surface area contributed by atoms with Crippen LogP contribution in [0.15, 0.2) is 0 Å². The molecule has 0 saturated heterocycles. The predicted octanol–water partition coefficient (Wildman–Crippen LogP) is 4.56. The van der Waals surface area contributed by atoms with E-state index in [1.807, 2.05) is 20.8 Å². The molecule has 0 aromatic heterocycles. The van der Waals surface area contributed by atoms with Gasteiger partial charge in [-0.15, -0.1) is 0 Å². The van der Waals surface area contributed by atoms with Gasteiger partial charge in [-0.2, -0.15) is 0 Å². The van der Waals surface area contributed by atoms with Gasteiger partial charge in [-0.1, -0.05) is 39.5 Å². The van der Waals surface area contributed by atoms with Crippen LogP contribution in [-0.2, 0) is 26.6 Å². The van der Waals surface area contributed by atoms with Gasteiger partial charge < -0.3 is 36.8 Å². The van der Waals surface area contributed by atoms with E-state index in [9.17, 15) is 0 Å². The van der Waals surface area contributed by atoms with E-state index in [1.165, 1.54) is 38.6 Å².